The number of hydrogen-bond acceptors (Lipinski definition) is 5. The Hall–Kier alpha value is -3.30. The normalized spacial score (nSPS) is 11.0. The maximum absolute atomic E-state index is 13.8. The fourth-order valence-electron chi connectivity index (χ4n) is 2.88. The zero-order chi connectivity index (χ0) is 24.0. The van der Waals surface area contributed by atoms with Crippen LogP contribution in [0.4, 0.5) is 10.1 Å². The van der Waals surface area contributed by atoms with Crippen LogP contribution in [-0.4, -0.2) is 40.0 Å². The highest BCUT2D eigenvalue weighted by Gasteiger charge is 2.16. The molecule has 0 saturated heterocycles. The minimum Gasteiger partial charge on any atom is -0.495 e. The second-order valence-corrected chi connectivity index (χ2v) is 9.15. The predicted molar refractivity (Wildman–Crippen MR) is 124 cm³/mol. The smallest absolute Gasteiger partial charge is 0.261 e. The highest BCUT2D eigenvalue weighted by Crippen LogP contribution is 2.28. The summed E-state index contributed by atoms with van der Waals surface area (Å²) in [5.41, 5.74) is 0.679. The van der Waals surface area contributed by atoms with Crippen LogP contribution in [0.15, 0.2) is 71.6 Å². The number of rotatable bonds is 9. The van der Waals surface area contributed by atoms with E-state index in [0.717, 1.165) is 0 Å². The first-order valence-electron chi connectivity index (χ1n) is 9.76. The molecule has 0 aliphatic heterocycles. The van der Waals surface area contributed by atoms with Crippen LogP contribution in [-0.2, 0) is 21.4 Å². The fraction of sp³-hybridized carbons (Fsp3) is 0.174. The fourth-order valence-corrected chi connectivity index (χ4v) is 4.19. The predicted octanol–water partition coefficient (Wildman–Crippen LogP) is 4.33. The van der Waals surface area contributed by atoms with Crippen LogP contribution in [0.5, 0.6) is 11.5 Å². The quantitative estimate of drug-likeness (QED) is 0.480. The number of nitrogens with zero attached hydrogens (tertiary/aromatic N) is 1. The Bertz CT molecular complexity index is 1240. The molecule has 0 aliphatic rings. The van der Waals surface area contributed by atoms with Gasteiger partial charge in [0, 0.05) is 19.2 Å². The van der Waals surface area contributed by atoms with Gasteiger partial charge in [0.15, 0.2) is 6.61 Å². The minimum absolute atomic E-state index is 0.00443. The third-order valence-corrected chi connectivity index (χ3v) is 6.38. The number of sulfonamides is 1. The maximum Gasteiger partial charge on any atom is 0.261 e. The molecule has 0 heterocycles. The highest BCUT2D eigenvalue weighted by atomic mass is 35.5. The number of hydrogen-bond donors (Lipinski definition) is 1. The van der Waals surface area contributed by atoms with Crippen LogP contribution < -0.4 is 14.2 Å². The van der Waals surface area contributed by atoms with Crippen molar-refractivity contribution >= 4 is 33.2 Å². The number of halogens is 2. The second kappa shape index (κ2) is 10.5. The molecule has 7 nitrogen and oxygen atoms in total. The molecule has 3 aromatic carbocycles. The number of anilines is 1. The molecule has 0 saturated carbocycles. The Balaban J connectivity index is 1.58. The number of carbonyl (C=O) groups excluding carboxylic acids is 1. The molecule has 33 heavy (non-hydrogen) atoms. The van der Waals surface area contributed by atoms with Gasteiger partial charge in [-0.2, -0.15) is 0 Å². The van der Waals surface area contributed by atoms with Gasteiger partial charge in [0.25, 0.3) is 15.9 Å². The molecular weight excluding hydrogens is 471 g/mol. The summed E-state index contributed by atoms with van der Waals surface area (Å²) in [7, 11) is -0.857. The molecule has 10 heteroatoms. The zero-order valence-electron chi connectivity index (χ0n) is 17.9. The van der Waals surface area contributed by atoms with Crippen LogP contribution in [0.2, 0.25) is 5.02 Å². The molecule has 3 rings (SSSR count). The second-order valence-electron chi connectivity index (χ2n) is 7.06. The van der Waals surface area contributed by atoms with E-state index in [-0.39, 0.29) is 40.5 Å². The zero-order valence-corrected chi connectivity index (χ0v) is 19.5. The first-order chi connectivity index (χ1) is 15.7. The van der Waals surface area contributed by atoms with E-state index in [0.29, 0.717) is 17.1 Å². The van der Waals surface area contributed by atoms with Gasteiger partial charge in [0.2, 0.25) is 0 Å². The first-order valence-corrected chi connectivity index (χ1v) is 11.6. The van der Waals surface area contributed by atoms with Gasteiger partial charge in [0.1, 0.15) is 17.3 Å². The molecular formula is C23H22ClFN2O5S. The molecule has 0 fully saturated rings. The standard InChI is InChI=1S/C23H22ClFN2O5S/c1-27(14-16-5-3-4-6-21(16)25)23(28)15-32-18-8-10-19(11-9-18)33(29,30)26-17-7-12-22(31-2)20(24)13-17/h3-13,26H,14-15H2,1-2H3. The first kappa shape index (κ1) is 24.3. The third-order valence-electron chi connectivity index (χ3n) is 4.69. The van der Waals surface area contributed by atoms with Gasteiger partial charge in [-0.05, 0) is 48.5 Å². The Morgan fingerprint density at radius 1 is 1.09 bits per heavy atom. The number of ether oxygens (including phenoxy) is 2. The lowest BCUT2D eigenvalue weighted by molar-refractivity contribution is -0.132. The summed E-state index contributed by atoms with van der Waals surface area (Å²) < 4.78 is 51.9. The minimum atomic E-state index is -3.87. The molecule has 3 aromatic rings. The lowest BCUT2D eigenvalue weighted by Gasteiger charge is -2.18. The van der Waals surface area contributed by atoms with Gasteiger partial charge < -0.3 is 14.4 Å². The summed E-state index contributed by atoms with van der Waals surface area (Å²) in [6.07, 6.45) is 0. The molecule has 0 bridgehead atoms. The van der Waals surface area contributed by atoms with Crippen LogP contribution in [0, 0.1) is 5.82 Å². The average molecular weight is 493 g/mol. The lowest BCUT2D eigenvalue weighted by Crippen LogP contribution is -2.31. The van der Waals surface area contributed by atoms with Gasteiger partial charge in [-0.15, -0.1) is 0 Å². The Kier molecular flexibility index (Phi) is 7.78. The van der Waals surface area contributed by atoms with E-state index in [1.54, 1.807) is 31.3 Å². The van der Waals surface area contributed by atoms with Crippen molar-refractivity contribution in [2.24, 2.45) is 0 Å². The summed E-state index contributed by atoms with van der Waals surface area (Å²) in [5.74, 6) is -0.00214. The van der Waals surface area contributed by atoms with Crippen LogP contribution in [0.1, 0.15) is 5.56 Å². The number of nitrogens with one attached hydrogen (secondary N) is 1. The van der Waals surface area contributed by atoms with Crippen molar-refractivity contribution in [1.29, 1.82) is 0 Å². The number of likely N-dealkylation sites (N-methyl/N-ethyl adjacent to an activating group) is 1. The van der Waals surface area contributed by atoms with E-state index in [4.69, 9.17) is 21.1 Å². The number of methoxy groups -OCH3 is 1. The van der Waals surface area contributed by atoms with E-state index < -0.39 is 10.0 Å². The largest absolute Gasteiger partial charge is 0.495 e. The SMILES string of the molecule is COc1ccc(NS(=O)(=O)c2ccc(OCC(=O)N(C)Cc3ccccc3F)cc2)cc1Cl. The van der Waals surface area contributed by atoms with Crippen LogP contribution >= 0.6 is 11.6 Å². The van der Waals surface area contributed by atoms with Gasteiger partial charge in [-0.3, -0.25) is 9.52 Å². The van der Waals surface area contributed by atoms with Crippen molar-refractivity contribution in [2.45, 2.75) is 11.4 Å². The van der Waals surface area contributed by atoms with E-state index in [9.17, 15) is 17.6 Å². The molecule has 0 aromatic heterocycles. The third kappa shape index (κ3) is 6.36. The highest BCUT2D eigenvalue weighted by molar-refractivity contribution is 7.92. The van der Waals surface area contributed by atoms with Crippen molar-refractivity contribution in [3.63, 3.8) is 0 Å². The summed E-state index contributed by atoms with van der Waals surface area (Å²) in [5, 5.41) is 0.270. The molecule has 0 aliphatic carbocycles. The number of amides is 1. The van der Waals surface area contributed by atoms with E-state index in [1.165, 1.54) is 54.5 Å². The molecule has 0 spiro atoms. The van der Waals surface area contributed by atoms with E-state index in [1.807, 2.05) is 0 Å². The summed E-state index contributed by atoms with van der Waals surface area (Å²) >= 11 is 6.03. The van der Waals surface area contributed by atoms with Crippen LogP contribution in [0.25, 0.3) is 0 Å². The summed E-state index contributed by atoms with van der Waals surface area (Å²) in [4.78, 5) is 13.6. The Morgan fingerprint density at radius 3 is 2.42 bits per heavy atom. The lowest BCUT2D eigenvalue weighted by atomic mass is 10.2. The topological polar surface area (TPSA) is 84.9 Å². The number of benzene rings is 3. The van der Waals surface area contributed by atoms with E-state index >= 15 is 0 Å². The average Bonchev–Trinajstić information content (AvgIpc) is 2.79. The molecule has 1 amide bonds. The molecule has 0 radical (unpaired) electrons. The summed E-state index contributed by atoms with van der Waals surface area (Å²) in [6, 6.07) is 16.3. The van der Waals surface area contributed by atoms with E-state index in [2.05, 4.69) is 4.72 Å². The number of carbonyl (C=O) groups is 1. The molecule has 0 atom stereocenters. The molecule has 174 valence electrons. The van der Waals surface area contributed by atoms with Gasteiger partial charge >= 0.3 is 0 Å². The summed E-state index contributed by atoms with van der Waals surface area (Å²) in [6.45, 7) is -0.174. The monoisotopic (exact) mass is 492 g/mol. The van der Waals surface area contributed by atoms with Crippen molar-refractivity contribution in [1.82, 2.24) is 4.90 Å². The van der Waals surface area contributed by atoms with Gasteiger partial charge in [-0.25, -0.2) is 12.8 Å². The van der Waals surface area contributed by atoms with Crippen molar-refractivity contribution < 1.29 is 27.1 Å². The van der Waals surface area contributed by atoms with Gasteiger partial charge in [0.05, 0.1) is 22.7 Å². The Labute approximate surface area is 196 Å². The van der Waals surface area contributed by atoms with Crippen molar-refractivity contribution in [2.75, 3.05) is 25.5 Å². The van der Waals surface area contributed by atoms with Crippen molar-refractivity contribution in [3.05, 3.63) is 83.1 Å². The molecule has 0 unspecified atom stereocenters. The molecule has 1 N–H and O–H groups in total. The maximum atomic E-state index is 13.8. The van der Waals surface area contributed by atoms with Gasteiger partial charge in [-0.1, -0.05) is 29.8 Å². The van der Waals surface area contributed by atoms with Crippen molar-refractivity contribution in [3.8, 4) is 11.5 Å². The Morgan fingerprint density at radius 2 is 1.79 bits per heavy atom. The van der Waals surface area contributed by atoms with Crippen LogP contribution in [0.3, 0.4) is 0 Å².